The van der Waals surface area contributed by atoms with E-state index in [0.29, 0.717) is 6.61 Å². The number of nitrogens with zero attached hydrogens (tertiary/aromatic N) is 1. The number of ether oxygens (including phenoxy) is 1. The van der Waals surface area contributed by atoms with Gasteiger partial charge in [0.15, 0.2) is 0 Å². The first-order valence-corrected chi connectivity index (χ1v) is 8.30. The lowest BCUT2D eigenvalue weighted by atomic mass is 10.2. The molecule has 3 nitrogen and oxygen atoms in total. The summed E-state index contributed by atoms with van der Waals surface area (Å²) in [6, 6.07) is 16.5. The summed E-state index contributed by atoms with van der Waals surface area (Å²) < 4.78 is 4.86. The zero-order valence-electron chi connectivity index (χ0n) is 13.7. The minimum Gasteiger partial charge on any atom is -0.463 e. The van der Waals surface area contributed by atoms with Crippen LogP contribution in [0.4, 0.5) is 5.69 Å². The van der Waals surface area contributed by atoms with Crippen LogP contribution >= 0.6 is 11.8 Å². The molecule has 0 radical (unpaired) electrons. The van der Waals surface area contributed by atoms with Gasteiger partial charge in [-0.05, 0) is 55.0 Å². The molecule has 0 unspecified atom stereocenters. The second kappa shape index (κ2) is 8.44. The molecule has 0 aliphatic heterocycles. The number of benzene rings is 2. The van der Waals surface area contributed by atoms with Crippen LogP contribution in [0.2, 0.25) is 0 Å². The van der Waals surface area contributed by atoms with E-state index in [9.17, 15) is 4.79 Å². The highest BCUT2D eigenvalue weighted by atomic mass is 32.2. The van der Waals surface area contributed by atoms with Crippen LogP contribution in [0.15, 0.2) is 64.4 Å². The number of carbonyl (C=O) groups is 1. The molecule has 0 saturated carbocycles. The van der Waals surface area contributed by atoms with E-state index in [2.05, 4.69) is 41.3 Å². The Morgan fingerprint density at radius 1 is 1.04 bits per heavy atom. The lowest BCUT2D eigenvalue weighted by molar-refractivity contribution is -0.137. The first-order valence-electron chi connectivity index (χ1n) is 7.48. The van der Waals surface area contributed by atoms with Gasteiger partial charge in [-0.2, -0.15) is 0 Å². The Morgan fingerprint density at radius 2 is 1.61 bits per heavy atom. The van der Waals surface area contributed by atoms with Gasteiger partial charge in [0.1, 0.15) is 0 Å². The fraction of sp³-hybridized carbons (Fsp3) is 0.211. The van der Waals surface area contributed by atoms with Crippen LogP contribution in [0, 0.1) is 0 Å². The van der Waals surface area contributed by atoms with Crippen molar-refractivity contribution in [2.75, 3.05) is 25.6 Å². The summed E-state index contributed by atoms with van der Waals surface area (Å²) >= 11 is 1.71. The fourth-order valence-electron chi connectivity index (χ4n) is 1.95. The minimum atomic E-state index is -0.313. The van der Waals surface area contributed by atoms with Crippen molar-refractivity contribution in [1.29, 1.82) is 0 Å². The molecule has 0 spiro atoms. The van der Waals surface area contributed by atoms with Gasteiger partial charge in [0.25, 0.3) is 0 Å². The third-order valence-corrected chi connectivity index (χ3v) is 4.18. The summed E-state index contributed by atoms with van der Waals surface area (Å²) in [4.78, 5) is 15.7. The standard InChI is InChI=1S/C19H21NO2S/c1-4-22-19(21)14-7-15-5-10-17(11-6-15)23-18-12-8-16(9-13-18)20(2)3/h5-14H,4H2,1-3H3/b14-7+. The first kappa shape index (κ1) is 17.2. The van der Waals surface area contributed by atoms with Crippen LogP contribution in [0.1, 0.15) is 12.5 Å². The van der Waals surface area contributed by atoms with Gasteiger partial charge in [0.2, 0.25) is 0 Å². The summed E-state index contributed by atoms with van der Waals surface area (Å²) in [7, 11) is 4.06. The molecule has 2 aromatic carbocycles. The molecule has 0 fully saturated rings. The molecule has 0 aliphatic carbocycles. The third-order valence-electron chi connectivity index (χ3n) is 3.17. The number of hydrogen-bond donors (Lipinski definition) is 0. The van der Waals surface area contributed by atoms with Gasteiger partial charge in [-0.15, -0.1) is 0 Å². The summed E-state index contributed by atoms with van der Waals surface area (Å²) in [6.07, 6.45) is 3.21. The Balaban J connectivity index is 1.98. The molecule has 0 N–H and O–H groups in total. The van der Waals surface area contributed by atoms with Crippen molar-refractivity contribution >= 4 is 29.5 Å². The van der Waals surface area contributed by atoms with E-state index >= 15 is 0 Å². The van der Waals surface area contributed by atoms with Crippen LogP contribution in [0.5, 0.6) is 0 Å². The van der Waals surface area contributed by atoms with E-state index in [0.717, 1.165) is 10.5 Å². The van der Waals surface area contributed by atoms with Gasteiger partial charge in [-0.3, -0.25) is 0 Å². The first-order chi connectivity index (χ1) is 11.1. The molecule has 120 valence electrons. The summed E-state index contributed by atoms with van der Waals surface area (Å²) in [5, 5.41) is 0. The summed E-state index contributed by atoms with van der Waals surface area (Å²) in [6.45, 7) is 2.19. The Hall–Kier alpha value is -2.20. The molecule has 4 heteroatoms. The average molecular weight is 327 g/mol. The topological polar surface area (TPSA) is 29.5 Å². The zero-order chi connectivity index (χ0) is 16.7. The quantitative estimate of drug-likeness (QED) is 0.578. The Kier molecular flexibility index (Phi) is 6.29. The van der Waals surface area contributed by atoms with E-state index in [-0.39, 0.29) is 5.97 Å². The van der Waals surface area contributed by atoms with Gasteiger partial charge >= 0.3 is 5.97 Å². The maximum atomic E-state index is 11.3. The summed E-state index contributed by atoms with van der Waals surface area (Å²) in [5.41, 5.74) is 2.17. The SMILES string of the molecule is CCOC(=O)/C=C/c1ccc(Sc2ccc(N(C)C)cc2)cc1. The molecule has 2 rings (SSSR count). The van der Waals surface area contributed by atoms with Gasteiger partial charge in [0.05, 0.1) is 6.61 Å². The Labute approximate surface area is 142 Å². The Morgan fingerprint density at radius 3 is 2.13 bits per heavy atom. The number of esters is 1. The highest BCUT2D eigenvalue weighted by Gasteiger charge is 2.00. The second-order valence-corrected chi connectivity index (χ2v) is 6.29. The lowest BCUT2D eigenvalue weighted by Crippen LogP contribution is -2.07. The van der Waals surface area contributed by atoms with Gasteiger partial charge < -0.3 is 9.64 Å². The van der Waals surface area contributed by atoms with E-state index in [1.807, 2.05) is 26.2 Å². The molecule has 2 aromatic rings. The van der Waals surface area contributed by atoms with Crippen LogP contribution in [0.25, 0.3) is 6.08 Å². The molecular weight excluding hydrogens is 306 g/mol. The molecule has 0 saturated heterocycles. The molecule has 0 aliphatic rings. The van der Waals surface area contributed by atoms with Crippen LogP contribution in [-0.2, 0) is 9.53 Å². The van der Waals surface area contributed by atoms with Crippen molar-refractivity contribution in [1.82, 2.24) is 0 Å². The van der Waals surface area contributed by atoms with Gasteiger partial charge in [0, 0.05) is 35.6 Å². The predicted molar refractivity (Wildman–Crippen MR) is 97.0 cm³/mol. The van der Waals surface area contributed by atoms with Crippen molar-refractivity contribution < 1.29 is 9.53 Å². The summed E-state index contributed by atoms with van der Waals surface area (Å²) in [5.74, 6) is -0.313. The normalized spacial score (nSPS) is 10.7. The predicted octanol–water partition coefficient (Wildman–Crippen LogP) is 4.48. The van der Waals surface area contributed by atoms with E-state index in [1.54, 1.807) is 24.8 Å². The molecule has 23 heavy (non-hydrogen) atoms. The molecular formula is C19H21NO2S. The zero-order valence-corrected chi connectivity index (χ0v) is 14.5. The largest absolute Gasteiger partial charge is 0.463 e. The molecule has 0 heterocycles. The third kappa shape index (κ3) is 5.49. The van der Waals surface area contributed by atoms with Crippen molar-refractivity contribution in [2.45, 2.75) is 16.7 Å². The number of anilines is 1. The maximum absolute atomic E-state index is 11.3. The van der Waals surface area contributed by atoms with E-state index in [4.69, 9.17) is 4.74 Å². The van der Waals surface area contributed by atoms with Crippen LogP contribution < -0.4 is 4.90 Å². The highest BCUT2D eigenvalue weighted by molar-refractivity contribution is 7.99. The molecule has 0 aromatic heterocycles. The van der Waals surface area contributed by atoms with Crippen molar-refractivity contribution in [3.8, 4) is 0 Å². The molecule has 0 bridgehead atoms. The van der Waals surface area contributed by atoms with E-state index in [1.165, 1.54) is 16.7 Å². The Bertz CT molecular complexity index is 661. The van der Waals surface area contributed by atoms with Crippen molar-refractivity contribution in [2.24, 2.45) is 0 Å². The lowest BCUT2D eigenvalue weighted by Gasteiger charge is -2.12. The van der Waals surface area contributed by atoms with E-state index < -0.39 is 0 Å². The number of rotatable bonds is 6. The minimum absolute atomic E-state index is 0.313. The average Bonchev–Trinajstić information content (AvgIpc) is 2.55. The monoisotopic (exact) mass is 327 g/mol. The van der Waals surface area contributed by atoms with Gasteiger partial charge in [-0.25, -0.2) is 4.79 Å². The van der Waals surface area contributed by atoms with Crippen LogP contribution in [0.3, 0.4) is 0 Å². The van der Waals surface area contributed by atoms with Gasteiger partial charge in [-0.1, -0.05) is 23.9 Å². The van der Waals surface area contributed by atoms with Crippen molar-refractivity contribution in [3.05, 3.63) is 60.2 Å². The highest BCUT2D eigenvalue weighted by Crippen LogP contribution is 2.29. The molecule has 0 atom stereocenters. The maximum Gasteiger partial charge on any atom is 0.330 e. The number of hydrogen-bond acceptors (Lipinski definition) is 4. The molecule has 0 amide bonds. The van der Waals surface area contributed by atoms with Crippen molar-refractivity contribution in [3.63, 3.8) is 0 Å². The van der Waals surface area contributed by atoms with Crippen LogP contribution in [-0.4, -0.2) is 26.7 Å². The fourth-order valence-corrected chi connectivity index (χ4v) is 2.77. The second-order valence-electron chi connectivity index (χ2n) is 5.14. The number of carbonyl (C=O) groups excluding carboxylic acids is 1. The smallest absolute Gasteiger partial charge is 0.330 e.